The molecule has 0 bridgehead atoms. The lowest BCUT2D eigenvalue weighted by Gasteiger charge is -2.25. The molecule has 148 valence electrons. The summed E-state index contributed by atoms with van der Waals surface area (Å²) in [7, 11) is 0. The first-order chi connectivity index (χ1) is 14.5. The molecule has 1 atom stereocenters. The van der Waals surface area contributed by atoms with E-state index in [4.69, 9.17) is 16.0 Å². The molecule has 7 heteroatoms. The van der Waals surface area contributed by atoms with Gasteiger partial charge in [0.05, 0.1) is 17.0 Å². The normalized spacial score (nSPS) is 15.6. The maximum atomic E-state index is 13.5. The minimum absolute atomic E-state index is 0.0729. The number of rotatable bonds is 3. The minimum Gasteiger partial charge on any atom is -0.450 e. The van der Waals surface area contributed by atoms with Crippen molar-refractivity contribution in [2.75, 3.05) is 0 Å². The van der Waals surface area contributed by atoms with Crippen LogP contribution in [0.2, 0.25) is 5.02 Å². The lowest BCUT2D eigenvalue weighted by Crippen LogP contribution is -2.29. The highest BCUT2D eigenvalue weighted by Crippen LogP contribution is 2.39. The van der Waals surface area contributed by atoms with Gasteiger partial charge in [0, 0.05) is 28.4 Å². The summed E-state index contributed by atoms with van der Waals surface area (Å²) >= 11 is 9.60. The summed E-state index contributed by atoms with van der Waals surface area (Å²) in [5, 5.41) is 0.794. The first kappa shape index (κ1) is 19.0. The molecule has 1 aliphatic rings. The van der Waals surface area contributed by atoms with Crippen LogP contribution in [0.5, 0.6) is 0 Å². The predicted molar refractivity (Wildman–Crippen MR) is 118 cm³/mol. The second-order valence-corrected chi connectivity index (χ2v) is 8.42. The fourth-order valence-corrected chi connectivity index (χ4v) is 4.46. The average Bonchev–Trinajstić information content (AvgIpc) is 3.02. The summed E-state index contributed by atoms with van der Waals surface area (Å²) in [5.41, 5.74) is 2.10. The third-order valence-electron chi connectivity index (χ3n) is 5.17. The van der Waals surface area contributed by atoms with Gasteiger partial charge in [-0.25, -0.2) is 0 Å². The molecule has 0 radical (unpaired) electrons. The van der Waals surface area contributed by atoms with E-state index >= 15 is 0 Å². The summed E-state index contributed by atoms with van der Waals surface area (Å²) in [6.07, 6.45) is 3.39. The highest BCUT2D eigenvalue weighted by atomic mass is 79.9. The summed E-state index contributed by atoms with van der Waals surface area (Å²) in [4.78, 5) is 32.6. The van der Waals surface area contributed by atoms with Crippen molar-refractivity contribution in [1.29, 1.82) is 0 Å². The van der Waals surface area contributed by atoms with E-state index in [1.807, 2.05) is 36.4 Å². The minimum atomic E-state index is -0.579. The van der Waals surface area contributed by atoms with E-state index < -0.39 is 6.04 Å². The molecule has 1 unspecified atom stereocenters. The summed E-state index contributed by atoms with van der Waals surface area (Å²) < 4.78 is 6.78. The molecule has 5 nitrogen and oxygen atoms in total. The van der Waals surface area contributed by atoms with Gasteiger partial charge < -0.3 is 9.32 Å². The van der Waals surface area contributed by atoms with E-state index in [1.165, 1.54) is 0 Å². The van der Waals surface area contributed by atoms with E-state index in [9.17, 15) is 9.59 Å². The second-order valence-electron chi connectivity index (χ2n) is 7.07. The molecule has 1 amide bonds. The first-order valence-electron chi connectivity index (χ1n) is 9.24. The Kier molecular flexibility index (Phi) is 4.68. The summed E-state index contributed by atoms with van der Waals surface area (Å²) in [5.74, 6) is -0.253. The van der Waals surface area contributed by atoms with Gasteiger partial charge >= 0.3 is 0 Å². The van der Waals surface area contributed by atoms with Gasteiger partial charge in [-0.2, -0.15) is 0 Å². The van der Waals surface area contributed by atoms with Crippen LogP contribution in [0.1, 0.15) is 33.3 Å². The molecule has 0 saturated carbocycles. The van der Waals surface area contributed by atoms with Gasteiger partial charge in [-0.05, 0) is 47.5 Å². The van der Waals surface area contributed by atoms with Crippen molar-refractivity contribution in [3.05, 3.63) is 109 Å². The van der Waals surface area contributed by atoms with E-state index in [1.54, 1.807) is 35.5 Å². The number of amides is 1. The molecule has 2 aromatic carbocycles. The largest absolute Gasteiger partial charge is 0.450 e. The van der Waals surface area contributed by atoms with Crippen LogP contribution in [-0.2, 0) is 6.54 Å². The molecule has 0 fully saturated rings. The number of nitrogens with zero attached hydrogens (tertiary/aromatic N) is 2. The molecule has 0 saturated heterocycles. The second kappa shape index (κ2) is 7.38. The smallest absolute Gasteiger partial charge is 0.291 e. The van der Waals surface area contributed by atoms with E-state index in [-0.39, 0.29) is 17.1 Å². The van der Waals surface area contributed by atoms with Crippen molar-refractivity contribution >= 4 is 44.4 Å². The lowest BCUT2D eigenvalue weighted by molar-refractivity contribution is 0.0714. The molecule has 0 aliphatic carbocycles. The predicted octanol–water partition coefficient (Wildman–Crippen LogP) is 5.35. The Morgan fingerprint density at radius 2 is 1.97 bits per heavy atom. The topological polar surface area (TPSA) is 63.4 Å². The Balaban J connectivity index is 1.75. The van der Waals surface area contributed by atoms with Crippen molar-refractivity contribution in [2.45, 2.75) is 12.6 Å². The van der Waals surface area contributed by atoms with Crippen molar-refractivity contribution < 1.29 is 9.21 Å². The number of halogens is 2. The fourth-order valence-electron chi connectivity index (χ4n) is 3.87. The van der Waals surface area contributed by atoms with Crippen LogP contribution in [0.3, 0.4) is 0 Å². The number of aromatic nitrogens is 1. The molecule has 30 heavy (non-hydrogen) atoms. The van der Waals surface area contributed by atoms with Crippen molar-refractivity contribution in [3.63, 3.8) is 0 Å². The van der Waals surface area contributed by atoms with Gasteiger partial charge in [-0.15, -0.1) is 0 Å². The van der Waals surface area contributed by atoms with Crippen molar-refractivity contribution in [2.24, 2.45) is 0 Å². The molecular formula is C23H14BrClN2O3. The Morgan fingerprint density at radius 3 is 2.73 bits per heavy atom. The molecule has 3 heterocycles. The molecule has 4 aromatic rings. The highest BCUT2D eigenvalue weighted by Gasteiger charge is 2.42. The molecule has 0 spiro atoms. The van der Waals surface area contributed by atoms with E-state index in [2.05, 4.69) is 20.9 Å². The van der Waals surface area contributed by atoms with Crippen LogP contribution in [0.15, 0.2) is 80.7 Å². The number of fused-ring (bicyclic) bond motifs is 2. The third-order valence-corrected chi connectivity index (χ3v) is 5.90. The Hall–Kier alpha value is -2.96. The van der Waals surface area contributed by atoms with Crippen LogP contribution < -0.4 is 5.43 Å². The van der Waals surface area contributed by atoms with Crippen molar-refractivity contribution in [3.8, 4) is 0 Å². The molecule has 0 N–H and O–H groups in total. The zero-order valence-corrected chi connectivity index (χ0v) is 17.9. The van der Waals surface area contributed by atoms with Crippen LogP contribution in [0, 0.1) is 0 Å². The number of benzene rings is 2. The summed E-state index contributed by atoms with van der Waals surface area (Å²) in [6, 6.07) is 15.5. The van der Waals surface area contributed by atoms with E-state index in [0.29, 0.717) is 28.1 Å². The summed E-state index contributed by atoms with van der Waals surface area (Å²) in [6.45, 7) is 0.296. The van der Waals surface area contributed by atoms with Crippen LogP contribution in [-0.4, -0.2) is 15.8 Å². The number of hydrogen-bond donors (Lipinski definition) is 0. The van der Waals surface area contributed by atoms with Gasteiger partial charge in [0.2, 0.25) is 5.76 Å². The Morgan fingerprint density at radius 1 is 1.10 bits per heavy atom. The Bertz CT molecular complexity index is 1350. The van der Waals surface area contributed by atoms with Crippen LogP contribution in [0.4, 0.5) is 0 Å². The average molecular weight is 482 g/mol. The fraction of sp³-hybridized carbons (Fsp3) is 0.0870. The number of carbonyl (C=O) groups is 1. The van der Waals surface area contributed by atoms with Crippen LogP contribution >= 0.6 is 27.5 Å². The van der Waals surface area contributed by atoms with E-state index in [0.717, 1.165) is 15.6 Å². The Labute approximate surface area is 185 Å². The molecule has 5 rings (SSSR count). The maximum Gasteiger partial charge on any atom is 0.291 e. The van der Waals surface area contributed by atoms with Gasteiger partial charge in [0.15, 0.2) is 5.43 Å². The molecular weight excluding hydrogens is 468 g/mol. The number of hydrogen-bond acceptors (Lipinski definition) is 4. The monoisotopic (exact) mass is 480 g/mol. The molecule has 1 aliphatic heterocycles. The quantitative estimate of drug-likeness (QED) is 0.396. The zero-order chi connectivity index (χ0) is 20.8. The van der Waals surface area contributed by atoms with Gasteiger partial charge in [-0.1, -0.05) is 45.7 Å². The lowest BCUT2D eigenvalue weighted by atomic mass is 9.98. The SMILES string of the molecule is O=C1c2oc3ccc(Cl)cc3c(=O)c2C(c2cccc(Br)c2)N1Cc1cccnc1. The maximum absolute atomic E-state index is 13.5. The number of carbonyl (C=O) groups excluding carboxylic acids is 1. The zero-order valence-electron chi connectivity index (χ0n) is 15.5. The number of pyridine rings is 1. The highest BCUT2D eigenvalue weighted by molar-refractivity contribution is 9.10. The first-order valence-corrected chi connectivity index (χ1v) is 10.4. The molecule has 2 aromatic heterocycles. The van der Waals surface area contributed by atoms with Gasteiger partial charge in [-0.3, -0.25) is 14.6 Å². The third kappa shape index (κ3) is 3.13. The van der Waals surface area contributed by atoms with Crippen LogP contribution in [0.25, 0.3) is 11.0 Å². The van der Waals surface area contributed by atoms with Crippen molar-refractivity contribution in [1.82, 2.24) is 9.88 Å². The van der Waals surface area contributed by atoms with Gasteiger partial charge in [0.1, 0.15) is 5.58 Å². The van der Waals surface area contributed by atoms with Gasteiger partial charge in [0.25, 0.3) is 5.91 Å². The standard InChI is InChI=1S/C23H14BrClN2O3/c24-15-5-1-4-14(9-15)20-19-21(28)17-10-16(25)6-7-18(17)30-22(19)23(29)27(20)12-13-3-2-8-26-11-13/h1-11,20H,12H2.